The van der Waals surface area contributed by atoms with E-state index in [1.165, 1.54) is 6.20 Å². The average Bonchev–Trinajstić information content (AvgIpc) is 2.28. The Morgan fingerprint density at radius 1 is 1.28 bits per heavy atom. The van der Waals surface area contributed by atoms with Crippen molar-refractivity contribution in [1.29, 1.82) is 0 Å². The van der Waals surface area contributed by atoms with Gasteiger partial charge in [-0.25, -0.2) is 19.6 Å². The summed E-state index contributed by atoms with van der Waals surface area (Å²) in [5.74, 6) is -1.70. The van der Waals surface area contributed by atoms with E-state index in [0.717, 1.165) is 6.20 Å². The Labute approximate surface area is 104 Å². The Kier molecular flexibility index (Phi) is 4.59. The number of hydrogen-bond acceptors (Lipinski definition) is 5. The molecule has 0 amide bonds. The molecule has 7 nitrogen and oxygen atoms in total. The maximum atomic E-state index is 11.0. The molecule has 3 N–H and O–H groups in total. The number of anilines is 1. The van der Waals surface area contributed by atoms with Crippen molar-refractivity contribution in [3.8, 4) is 0 Å². The maximum absolute atomic E-state index is 11.0. The normalized spacial score (nSPS) is 12.2. The van der Waals surface area contributed by atoms with Crippen LogP contribution in [0.3, 0.4) is 0 Å². The van der Waals surface area contributed by atoms with Crippen molar-refractivity contribution in [3.63, 3.8) is 0 Å². The summed E-state index contributed by atoms with van der Waals surface area (Å²) >= 11 is 0. The van der Waals surface area contributed by atoms with Crippen molar-refractivity contribution < 1.29 is 19.8 Å². The second-order valence-corrected chi connectivity index (χ2v) is 4.26. The number of carboxylic acid groups (broad SMARTS) is 2. The van der Waals surface area contributed by atoms with E-state index in [0.29, 0.717) is 6.42 Å². The highest BCUT2D eigenvalue weighted by atomic mass is 16.4. The fourth-order valence-corrected chi connectivity index (χ4v) is 1.38. The number of rotatable bonds is 6. The summed E-state index contributed by atoms with van der Waals surface area (Å²) in [5.41, 5.74) is -0.184. The number of aromatic nitrogens is 2. The number of nitrogens with zero attached hydrogens (tertiary/aromatic N) is 2. The summed E-state index contributed by atoms with van der Waals surface area (Å²) in [6.07, 6.45) is 2.73. The van der Waals surface area contributed by atoms with Crippen LogP contribution < -0.4 is 5.32 Å². The highest BCUT2D eigenvalue weighted by molar-refractivity contribution is 5.85. The van der Waals surface area contributed by atoms with E-state index in [2.05, 4.69) is 15.3 Å². The fraction of sp³-hybridized carbons (Fsp3) is 0.455. The highest BCUT2D eigenvalue weighted by Gasteiger charge is 2.19. The first kappa shape index (κ1) is 13.9. The van der Waals surface area contributed by atoms with E-state index < -0.39 is 18.0 Å². The molecular formula is C11H15N3O4. The summed E-state index contributed by atoms with van der Waals surface area (Å²) in [6, 6.07) is -0.769. The molecule has 98 valence electrons. The number of carboxylic acids is 2. The molecule has 0 bridgehead atoms. The third-order valence-corrected chi connectivity index (χ3v) is 2.20. The molecule has 1 atom stereocenters. The van der Waals surface area contributed by atoms with Crippen LogP contribution in [-0.2, 0) is 4.79 Å². The predicted molar refractivity (Wildman–Crippen MR) is 63.5 cm³/mol. The third-order valence-electron chi connectivity index (χ3n) is 2.20. The van der Waals surface area contributed by atoms with Gasteiger partial charge < -0.3 is 15.5 Å². The topological polar surface area (TPSA) is 112 Å². The lowest BCUT2D eigenvalue weighted by molar-refractivity contribution is -0.138. The zero-order valence-corrected chi connectivity index (χ0v) is 10.1. The van der Waals surface area contributed by atoms with Crippen molar-refractivity contribution in [3.05, 3.63) is 18.1 Å². The molecule has 1 unspecified atom stereocenters. The number of carbonyl (C=O) groups is 2. The van der Waals surface area contributed by atoms with Crippen LogP contribution in [0.25, 0.3) is 0 Å². The molecule has 0 aliphatic rings. The molecule has 1 aromatic heterocycles. The Bertz CT molecular complexity index is 430. The lowest BCUT2D eigenvalue weighted by atomic mass is 10.0. The first-order valence-corrected chi connectivity index (χ1v) is 5.44. The summed E-state index contributed by atoms with van der Waals surface area (Å²) in [6.45, 7) is 3.83. The smallest absolute Gasteiger partial charge is 0.356 e. The molecule has 0 radical (unpaired) electrons. The molecule has 0 aliphatic heterocycles. The number of aromatic carboxylic acids is 1. The van der Waals surface area contributed by atoms with E-state index in [-0.39, 0.29) is 17.4 Å². The lowest BCUT2D eigenvalue weighted by Crippen LogP contribution is -2.31. The van der Waals surface area contributed by atoms with Crippen molar-refractivity contribution in [2.24, 2.45) is 5.92 Å². The quantitative estimate of drug-likeness (QED) is 0.695. The molecule has 1 aromatic rings. The van der Waals surface area contributed by atoms with Gasteiger partial charge in [0.05, 0.1) is 12.4 Å². The van der Waals surface area contributed by atoms with Gasteiger partial charge in [-0.3, -0.25) is 0 Å². The van der Waals surface area contributed by atoms with Gasteiger partial charge in [-0.1, -0.05) is 13.8 Å². The largest absolute Gasteiger partial charge is 0.480 e. The van der Waals surface area contributed by atoms with Gasteiger partial charge in [0.1, 0.15) is 11.9 Å². The average molecular weight is 253 g/mol. The molecule has 0 fully saturated rings. The van der Waals surface area contributed by atoms with Gasteiger partial charge in [0, 0.05) is 0 Å². The summed E-state index contributed by atoms with van der Waals surface area (Å²) in [4.78, 5) is 29.0. The Hall–Kier alpha value is -2.18. The van der Waals surface area contributed by atoms with Gasteiger partial charge in [-0.15, -0.1) is 0 Å². The molecular weight excluding hydrogens is 238 g/mol. The zero-order chi connectivity index (χ0) is 13.7. The Morgan fingerprint density at radius 2 is 1.94 bits per heavy atom. The first-order valence-electron chi connectivity index (χ1n) is 5.44. The molecule has 0 saturated heterocycles. The highest BCUT2D eigenvalue weighted by Crippen LogP contribution is 2.10. The summed E-state index contributed by atoms with van der Waals surface area (Å²) in [7, 11) is 0. The molecule has 1 heterocycles. The van der Waals surface area contributed by atoms with Crippen LogP contribution in [0.4, 0.5) is 5.82 Å². The maximum Gasteiger partial charge on any atom is 0.356 e. The molecule has 7 heteroatoms. The van der Waals surface area contributed by atoms with Crippen LogP contribution in [0.15, 0.2) is 12.4 Å². The SMILES string of the molecule is CC(C)CC(Nc1cnc(C(=O)O)cn1)C(=O)O. The molecule has 1 rings (SSSR count). The number of hydrogen-bond donors (Lipinski definition) is 3. The van der Waals surface area contributed by atoms with Crippen LogP contribution in [-0.4, -0.2) is 38.2 Å². The minimum absolute atomic E-state index is 0.184. The standard InChI is InChI=1S/C11H15N3O4/c1-6(2)3-7(10(15)16)14-9-5-12-8(4-13-9)11(17)18/h4-7H,3H2,1-2H3,(H,13,14)(H,15,16)(H,17,18). The molecule has 0 aromatic carbocycles. The van der Waals surface area contributed by atoms with Gasteiger partial charge >= 0.3 is 11.9 Å². The summed E-state index contributed by atoms with van der Waals surface area (Å²) in [5, 5.41) is 20.4. The molecule has 0 spiro atoms. The zero-order valence-electron chi connectivity index (χ0n) is 10.1. The van der Waals surface area contributed by atoms with E-state index in [1.54, 1.807) is 0 Å². The van der Waals surface area contributed by atoms with Crippen LogP contribution in [0.5, 0.6) is 0 Å². The number of aliphatic carboxylic acids is 1. The van der Waals surface area contributed by atoms with Gasteiger partial charge in [0.15, 0.2) is 5.69 Å². The minimum Gasteiger partial charge on any atom is -0.480 e. The Morgan fingerprint density at radius 3 is 2.33 bits per heavy atom. The van der Waals surface area contributed by atoms with Crippen LogP contribution in [0.1, 0.15) is 30.8 Å². The van der Waals surface area contributed by atoms with Crippen LogP contribution in [0, 0.1) is 5.92 Å². The van der Waals surface area contributed by atoms with Crippen LogP contribution >= 0.6 is 0 Å². The predicted octanol–water partition coefficient (Wildman–Crippen LogP) is 1.09. The third kappa shape index (κ3) is 4.00. The fourth-order valence-electron chi connectivity index (χ4n) is 1.38. The van der Waals surface area contributed by atoms with Gasteiger partial charge in [0.2, 0.25) is 0 Å². The first-order chi connectivity index (χ1) is 8.40. The summed E-state index contributed by atoms with van der Waals surface area (Å²) < 4.78 is 0. The van der Waals surface area contributed by atoms with Gasteiger partial charge in [-0.05, 0) is 12.3 Å². The van der Waals surface area contributed by atoms with Crippen molar-refractivity contribution in [2.75, 3.05) is 5.32 Å². The van der Waals surface area contributed by atoms with Gasteiger partial charge in [0.25, 0.3) is 0 Å². The van der Waals surface area contributed by atoms with Crippen molar-refractivity contribution >= 4 is 17.8 Å². The molecule has 0 aliphatic carbocycles. The Balaban J connectivity index is 2.75. The van der Waals surface area contributed by atoms with E-state index in [4.69, 9.17) is 10.2 Å². The molecule has 0 saturated carbocycles. The second-order valence-electron chi connectivity index (χ2n) is 4.26. The van der Waals surface area contributed by atoms with E-state index >= 15 is 0 Å². The van der Waals surface area contributed by atoms with E-state index in [1.807, 2.05) is 13.8 Å². The minimum atomic E-state index is -1.17. The van der Waals surface area contributed by atoms with Crippen LogP contribution in [0.2, 0.25) is 0 Å². The number of nitrogens with one attached hydrogen (secondary N) is 1. The second kappa shape index (κ2) is 5.95. The lowest BCUT2D eigenvalue weighted by Gasteiger charge is -2.16. The monoisotopic (exact) mass is 253 g/mol. The van der Waals surface area contributed by atoms with Crippen molar-refractivity contribution in [1.82, 2.24) is 9.97 Å². The van der Waals surface area contributed by atoms with Crippen molar-refractivity contribution in [2.45, 2.75) is 26.3 Å². The van der Waals surface area contributed by atoms with E-state index in [9.17, 15) is 9.59 Å². The van der Waals surface area contributed by atoms with Gasteiger partial charge in [-0.2, -0.15) is 0 Å². The molecule has 18 heavy (non-hydrogen) atoms.